The molecule has 0 radical (unpaired) electrons. The van der Waals surface area contributed by atoms with Gasteiger partial charge in [-0.2, -0.15) is 5.10 Å². The molecular weight excluding hydrogens is 409 g/mol. The van der Waals surface area contributed by atoms with Crippen LogP contribution in [0.2, 0.25) is 0 Å². The number of halogens is 1. The fourth-order valence-corrected chi connectivity index (χ4v) is 5.52. The Bertz CT molecular complexity index is 1020. The number of hydrogen-bond donors (Lipinski definition) is 0. The number of amides is 2. The number of aromatic nitrogens is 3. The van der Waals surface area contributed by atoms with Crippen LogP contribution in [0.1, 0.15) is 62.7 Å². The second-order valence-corrected chi connectivity index (χ2v) is 9.85. The predicted molar refractivity (Wildman–Crippen MR) is 116 cm³/mol. The van der Waals surface area contributed by atoms with Crippen LogP contribution < -0.4 is 0 Å². The van der Waals surface area contributed by atoms with E-state index in [9.17, 15) is 14.0 Å². The zero-order valence-corrected chi connectivity index (χ0v) is 18.7. The molecule has 5 rings (SSSR count). The van der Waals surface area contributed by atoms with Crippen molar-refractivity contribution in [2.75, 3.05) is 19.6 Å². The number of nitrogens with zero attached hydrogens (tertiary/aromatic N) is 5. The van der Waals surface area contributed by atoms with Gasteiger partial charge in [-0.05, 0) is 57.2 Å². The molecule has 2 aromatic rings. The van der Waals surface area contributed by atoms with Crippen LogP contribution in [-0.2, 0) is 16.1 Å². The van der Waals surface area contributed by atoms with E-state index in [1.165, 1.54) is 0 Å². The number of pyridine rings is 1. The first-order valence-corrected chi connectivity index (χ1v) is 11.5. The van der Waals surface area contributed by atoms with Crippen molar-refractivity contribution in [3.8, 4) is 0 Å². The molecule has 0 unspecified atom stereocenters. The summed E-state index contributed by atoms with van der Waals surface area (Å²) in [5.41, 5.74) is -0.556. The summed E-state index contributed by atoms with van der Waals surface area (Å²) in [5, 5.41) is 4.49. The average molecular weight is 440 g/mol. The molecule has 4 heterocycles. The summed E-state index contributed by atoms with van der Waals surface area (Å²) in [4.78, 5) is 34.7. The first kappa shape index (κ1) is 21.1. The van der Waals surface area contributed by atoms with Gasteiger partial charge in [0.1, 0.15) is 0 Å². The maximum Gasteiger partial charge on any atom is 0.260 e. The maximum absolute atomic E-state index is 14.7. The van der Waals surface area contributed by atoms with E-state index >= 15 is 0 Å². The van der Waals surface area contributed by atoms with E-state index in [1.807, 2.05) is 27.8 Å². The fourth-order valence-electron chi connectivity index (χ4n) is 5.52. The molecule has 2 aliphatic heterocycles. The molecule has 8 heteroatoms. The Balaban J connectivity index is 1.51. The second-order valence-electron chi connectivity index (χ2n) is 9.85. The molecule has 1 saturated carbocycles. The van der Waals surface area contributed by atoms with Crippen molar-refractivity contribution >= 4 is 11.8 Å². The van der Waals surface area contributed by atoms with E-state index in [1.54, 1.807) is 23.5 Å². The van der Waals surface area contributed by atoms with Crippen LogP contribution in [0.15, 0.2) is 36.8 Å². The Hall–Kier alpha value is -2.77. The van der Waals surface area contributed by atoms with Gasteiger partial charge >= 0.3 is 0 Å². The molecule has 0 aromatic carbocycles. The normalized spacial score (nSPS) is 26.9. The third kappa shape index (κ3) is 3.40. The zero-order valence-electron chi connectivity index (χ0n) is 18.7. The summed E-state index contributed by atoms with van der Waals surface area (Å²) >= 11 is 0. The lowest BCUT2D eigenvalue weighted by Gasteiger charge is -2.42. The minimum absolute atomic E-state index is 0.0492. The van der Waals surface area contributed by atoms with Gasteiger partial charge in [0.25, 0.3) is 5.91 Å². The Morgan fingerprint density at radius 3 is 2.75 bits per heavy atom. The molecule has 0 bridgehead atoms. The molecule has 7 nitrogen and oxygen atoms in total. The Labute approximate surface area is 187 Å². The lowest BCUT2D eigenvalue weighted by atomic mass is 9.70. The molecule has 170 valence electrons. The summed E-state index contributed by atoms with van der Waals surface area (Å²) < 4.78 is 16.7. The van der Waals surface area contributed by atoms with Crippen LogP contribution in [0.4, 0.5) is 4.39 Å². The summed E-state index contributed by atoms with van der Waals surface area (Å²) in [6.07, 6.45) is 7.36. The third-order valence-corrected chi connectivity index (χ3v) is 7.31. The van der Waals surface area contributed by atoms with Crippen molar-refractivity contribution in [2.24, 2.45) is 5.41 Å². The molecule has 32 heavy (non-hydrogen) atoms. The number of alkyl halides is 1. The highest BCUT2D eigenvalue weighted by Crippen LogP contribution is 2.52. The monoisotopic (exact) mass is 439 g/mol. The van der Waals surface area contributed by atoms with E-state index in [-0.39, 0.29) is 37.3 Å². The smallest absolute Gasteiger partial charge is 0.260 e. The number of carbonyl (C=O) groups excluding carboxylic acids is 2. The Kier molecular flexibility index (Phi) is 5.06. The van der Waals surface area contributed by atoms with E-state index in [4.69, 9.17) is 0 Å². The SMILES string of the molecule is CC(C)n1nccc1[C@@H]1CN(C(=O)C2(F)CC2)C[C@@]12CCCN(Cc1cccnc1)C2=O. The number of likely N-dealkylation sites (tertiary alicyclic amines) is 2. The van der Waals surface area contributed by atoms with E-state index in [0.717, 1.165) is 17.7 Å². The van der Waals surface area contributed by atoms with Crippen molar-refractivity contribution in [1.82, 2.24) is 24.6 Å². The second kappa shape index (κ2) is 7.67. The summed E-state index contributed by atoms with van der Waals surface area (Å²) in [6.45, 7) is 5.90. The topological polar surface area (TPSA) is 71.3 Å². The largest absolute Gasteiger partial charge is 0.338 e. The Morgan fingerprint density at radius 1 is 1.25 bits per heavy atom. The van der Waals surface area contributed by atoms with Crippen molar-refractivity contribution in [2.45, 2.75) is 63.7 Å². The van der Waals surface area contributed by atoms with E-state index in [2.05, 4.69) is 23.9 Å². The first-order valence-electron chi connectivity index (χ1n) is 11.5. The lowest BCUT2D eigenvalue weighted by Crippen LogP contribution is -2.52. The van der Waals surface area contributed by atoms with Gasteiger partial charge in [-0.15, -0.1) is 0 Å². The molecule has 2 saturated heterocycles. The molecule has 2 atom stereocenters. The molecular formula is C24H30FN5O2. The van der Waals surface area contributed by atoms with Crippen LogP contribution in [-0.4, -0.2) is 61.7 Å². The van der Waals surface area contributed by atoms with Crippen molar-refractivity contribution in [1.29, 1.82) is 0 Å². The first-order chi connectivity index (χ1) is 15.3. The van der Waals surface area contributed by atoms with Gasteiger partial charge in [0.2, 0.25) is 5.91 Å². The van der Waals surface area contributed by atoms with Crippen molar-refractivity contribution < 1.29 is 14.0 Å². The number of hydrogen-bond acceptors (Lipinski definition) is 4. The molecule has 3 aliphatic rings. The third-order valence-electron chi connectivity index (χ3n) is 7.31. The lowest BCUT2D eigenvalue weighted by molar-refractivity contribution is -0.148. The average Bonchev–Trinajstić information content (AvgIpc) is 3.20. The zero-order chi connectivity index (χ0) is 22.5. The van der Waals surface area contributed by atoms with Gasteiger partial charge in [-0.1, -0.05) is 6.07 Å². The van der Waals surface area contributed by atoms with Crippen LogP contribution in [0.5, 0.6) is 0 Å². The highest BCUT2D eigenvalue weighted by Gasteiger charge is 2.61. The van der Waals surface area contributed by atoms with Crippen LogP contribution in [0, 0.1) is 5.41 Å². The standard InChI is InChI=1S/C24H30FN5O2/c1-17(2)30-20(6-11-27-30)19-15-29(22(32)24(25)8-9-24)16-23(19)7-4-12-28(21(23)31)14-18-5-3-10-26-13-18/h3,5-6,10-11,13,17,19H,4,7-9,12,14-16H2,1-2H3/t19-,23-/m0/s1. The van der Waals surface area contributed by atoms with Gasteiger partial charge in [-0.25, -0.2) is 4.39 Å². The summed E-state index contributed by atoms with van der Waals surface area (Å²) in [6, 6.07) is 5.92. The quantitative estimate of drug-likeness (QED) is 0.718. The van der Waals surface area contributed by atoms with Crippen LogP contribution >= 0.6 is 0 Å². The highest BCUT2D eigenvalue weighted by molar-refractivity contribution is 5.91. The number of carbonyl (C=O) groups is 2. The maximum atomic E-state index is 14.7. The molecule has 2 amide bonds. The summed E-state index contributed by atoms with van der Waals surface area (Å²) in [5.74, 6) is -0.608. The minimum Gasteiger partial charge on any atom is -0.338 e. The van der Waals surface area contributed by atoms with E-state index < -0.39 is 17.0 Å². The number of rotatable bonds is 5. The molecule has 1 aliphatic carbocycles. The van der Waals surface area contributed by atoms with Gasteiger partial charge in [0.05, 0.1) is 5.41 Å². The molecule has 1 spiro atoms. The van der Waals surface area contributed by atoms with Gasteiger partial charge < -0.3 is 9.80 Å². The summed E-state index contributed by atoms with van der Waals surface area (Å²) in [7, 11) is 0. The molecule has 0 N–H and O–H groups in total. The van der Waals surface area contributed by atoms with Crippen molar-refractivity contribution in [3.63, 3.8) is 0 Å². The van der Waals surface area contributed by atoms with Gasteiger partial charge in [0, 0.05) is 62.4 Å². The molecule has 2 aromatic heterocycles. The fraction of sp³-hybridized carbons (Fsp3) is 0.583. The molecule has 3 fully saturated rings. The van der Waals surface area contributed by atoms with E-state index in [0.29, 0.717) is 26.1 Å². The predicted octanol–water partition coefficient (Wildman–Crippen LogP) is 3.10. The van der Waals surface area contributed by atoms with Crippen molar-refractivity contribution in [3.05, 3.63) is 48.0 Å². The van der Waals surface area contributed by atoms with Gasteiger partial charge in [-0.3, -0.25) is 19.3 Å². The van der Waals surface area contributed by atoms with Gasteiger partial charge in [0.15, 0.2) is 5.67 Å². The number of piperidine rings is 1. The van der Waals surface area contributed by atoms with Crippen LogP contribution in [0.3, 0.4) is 0 Å². The Morgan fingerprint density at radius 2 is 2.06 bits per heavy atom. The minimum atomic E-state index is -1.73. The van der Waals surface area contributed by atoms with Crippen LogP contribution in [0.25, 0.3) is 0 Å². The highest BCUT2D eigenvalue weighted by atomic mass is 19.1.